The van der Waals surface area contributed by atoms with Crippen LogP contribution in [0.15, 0.2) is 47.9 Å². The van der Waals surface area contributed by atoms with Crippen LogP contribution in [-0.2, 0) is 97.3 Å². The van der Waals surface area contributed by atoms with E-state index in [9.17, 15) is 86.6 Å². The summed E-state index contributed by atoms with van der Waals surface area (Å²) in [7, 11) is 5.21. The zero-order valence-electron chi connectivity index (χ0n) is 64.1. The number of carbonyl (C=O) groups excluding carboxylic acids is 14. The molecule has 37 heteroatoms. The van der Waals surface area contributed by atoms with E-state index < -0.39 is 167 Å². The van der Waals surface area contributed by atoms with Gasteiger partial charge in [-0.3, -0.25) is 76.8 Å². The number of aromatic nitrogens is 1. The number of Topliss-reactive ketones (excluding diaryl/α,β-unsaturated/α-hetero) is 1. The van der Waals surface area contributed by atoms with E-state index in [1.165, 1.54) is 65.1 Å². The Kier molecular flexibility index (Phi) is 38.1. The number of hydrogen-bond acceptors (Lipinski definition) is 23. The fourth-order valence-corrected chi connectivity index (χ4v) is 11.6. The van der Waals surface area contributed by atoms with Gasteiger partial charge < -0.3 is 87.6 Å². The maximum Gasteiger partial charge on any atom is 0.328 e. The molecule has 1 aliphatic rings. The number of nitrogens with zero attached hydrogens (tertiary/aromatic N) is 3. The number of hydrogen-bond donors (Lipinski definition) is 13. The largest absolute Gasteiger partial charge is 0.481 e. The molecule has 13 N–H and O–H groups in total. The molecule has 109 heavy (non-hydrogen) atoms. The second-order valence-electron chi connectivity index (χ2n) is 27.8. The van der Waals surface area contributed by atoms with Crippen molar-refractivity contribution in [3.8, 4) is 0 Å². The molecule has 0 radical (unpaired) electrons. The van der Waals surface area contributed by atoms with Gasteiger partial charge in [-0.1, -0.05) is 40.7 Å². The molecule has 1 aliphatic heterocycles. The van der Waals surface area contributed by atoms with E-state index in [2.05, 4.69) is 58.2 Å². The van der Waals surface area contributed by atoms with Gasteiger partial charge in [0, 0.05) is 101 Å². The summed E-state index contributed by atoms with van der Waals surface area (Å²) in [6.45, 7) is 17.1. The van der Waals surface area contributed by atoms with Crippen LogP contribution in [0.3, 0.4) is 0 Å². The summed E-state index contributed by atoms with van der Waals surface area (Å²) in [6, 6.07) is -4.41. The predicted molar refractivity (Wildman–Crippen MR) is 394 cm³/mol. The molecule has 1 aromatic carbocycles. The van der Waals surface area contributed by atoms with Gasteiger partial charge in [0.2, 0.25) is 59.1 Å². The summed E-state index contributed by atoms with van der Waals surface area (Å²) in [5, 5.41) is 55.1. The fourth-order valence-electron chi connectivity index (χ4n) is 10.8. The summed E-state index contributed by atoms with van der Waals surface area (Å²) < 4.78 is 16.8. The van der Waals surface area contributed by atoms with E-state index in [1.54, 1.807) is 44.8 Å². The van der Waals surface area contributed by atoms with Crippen molar-refractivity contribution < 1.29 is 111 Å². The van der Waals surface area contributed by atoms with Crippen LogP contribution in [0.5, 0.6) is 0 Å². The number of carboxylic acid groups (broad SMARTS) is 3. The summed E-state index contributed by atoms with van der Waals surface area (Å²) in [5.74, 6) is -19.2. The van der Waals surface area contributed by atoms with Crippen molar-refractivity contribution in [3.05, 3.63) is 64.1 Å². The first-order valence-electron chi connectivity index (χ1n) is 35.4. The molecule has 2 heterocycles. The van der Waals surface area contributed by atoms with Crippen LogP contribution in [0.2, 0.25) is 0 Å². The smallest absolute Gasteiger partial charge is 0.328 e. The third-order valence-electron chi connectivity index (χ3n) is 17.8. The van der Waals surface area contributed by atoms with E-state index >= 15 is 0 Å². The first-order valence-corrected chi connectivity index (χ1v) is 36.3. The molecule has 3 rings (SSSR count). The van der Waals surface area contributed by atoms with Crippen LogP contribution >= 0.6 is 11.3 Å². The van der Waals surface area contributed by atoms with Crippen LogP contribution < -0.4 is 53.2 Å². The lowest BCUT2D eigenvalue weighted by atomic mass is 9.83. The zero-order chi connectivity index (χ0) is 82.3. The van der Waals surface area contributed by atoms with E-state index in [-0.39, 0.29) is 124 Å². The van der Waals surface area contributed by atoms with E-state index in [0.29, 0.717) is 29.9 Å². The number of fused-ring (bicyclic) bond motifs is 1. The van der Waals surface area contributed by atoms with Crippen LogP contribution in [0.25, 0.3) is 0 Å². The summed E-state index contributed by atoms with van der Waals surface area (Å²) in [4.78, 5) is 232. The molecule has 3 unspecified atom stereocenters. The van der Waals surface area contributed by atoms with Crippen molar-refractivity contribution in [2.75, 3.05) is 71.3 Å². The van der Waals surface area contributed by atoms with Gasteiger partial charge >= 0.3 is 23.9 Å². The van der Waals surface area contributed by atoms with Crippen LogP contribution in [0.4, 0.5) is 11.4 Å². The molecule has 0 saturated heterocycles. The molecule has 11 amide bonds. The minimum atomic E-state index is -1.92. The standard InChI is InChI=1S/C72H105N13O23S/c1-37(2)48(34-55(88)72(11,12)84(13)14)70(103)85(15)53(38(3)4)35-54(108-44(10)86)69-82-52(36-109-69)67(101)79-46(30-39(5)71(104)105)31-45-16-18-50-51(32-45)81-65(99)43(9)78-63(97)41(7)76-58(91)23-27-107-29-25-74-68(102)61(83-56(89)19-21-60(94)95)49(33-47(87)17-20-59(92)93)66(100)73-24-28-106-26-22-57(90)75-40(6)62(96)77-42(8)64(98)80-50/h16-21,32,36-43,46,48-49,53-54,61H,22-31,33-35H2,1-15H3,(H,73,100)(H,74,102)(H,75,90)(H,76,91)(H,77,96)(H,78,97)(H,79,101)(H,80,98)(H,81,99)(H,83,89)(H,92,93)(H,94,95)(H,104,105)/b20-17-,21-19-/t39?,40-,41-,42-,43-,46+,48-,49?,53+,54+,61?/m0/s1. The Morgan fingerprint density at radius 3 is 1.70 bits per heavy atom. The lowest BCUT2D eigenvalue weighted by molar-refractivity contribution is -0.150. The molecule has 0 bridgehead atoms. The van der Waals surface area contributed by atoms with Gasteiger partial charge in [0.05, 0.1) is 55.2 Å². The van der Waals surface area contributed by atoms with Gasteiger partial charge in [0.25, 0.3) is 5.91 Å². The number of allylic oxidation sites excluding steroid dienone is 1. The molecule has 11 atom stereocenters. The summed E-state index contributed by atoms with van der Waals surface area (Å²) in [6.07, 6.45) is -0.835. The van der Waals surface area contributed by atoms with E-state index in [1.807, 2.05) is 27.7 Å². The zero-order valence-corrected chi connectivity index (χ0v) is 64.9. The molecule has 0 saturated carbocycles. The van der Waals surface area contributed by atoms with Gasteiger partial charge in [0.1, 0.15) is 40.9 Å². The van der Waals surface area contributed by atoms with Gasteiger partial charge in [0.15, 0.2) is 17.7 Å². The number of carboxylic acids is 3. The van der Waals surface area contributed by atoms with Crippen molar-refractivity contribution in [1.29, 1.82) is 0 Å². The first kappa shape index (κ1) is 92.8. The lowest BCUT2D eigenvalue weighted by Gasteiger charge is -2.37. The second kappa shape index (κ2) is 44.8. The van der Waals surface area contributed by atoms with Crippen LogP contribution in [0.1, 0.15) is 149 Å². The number of thiazole rings is 1. The van der Waals surface area contributed by atoms with E-state index in [0.717, 1.165) is 11.3 Å². The monoisotopic (exact) mass is 1550 g/mol. The molecule has 2 aromatic rings. The van der Waals surface area contributed by atoms with Crippen molar-refractivity contribution in [2.24, 2.45) is 29.6 Å². The average Bonchev–Trinajstić information content (AvgIpc) is 1.77. The van der Waals surface area contributed by atoms with Crippen molar-refractivity contribution in [3.63, 3.8) is 0 Å². The number of ketones is 2. The Balaban J connectivity index is 1.99. The van der Waals surface area contributed by atoms with Gasteiger partial charge in [-0.25, -0.2) is 14.6 Å². The Morgan fingerprint density at radius 2 is 1.19 bits per heavy atom. The molecular formula is C72H105N13O23S. The highest BCUT2D eigenvalue weighted by Gasteiger charge is 2.40. The maximum atomic E-state index is 14.4. The van der Waals surface area contributed by atoms with E-state index in [4.69, 9.17) is 24.4 Å². The van der Waals surface area contributed by atoms with Crippen molar-refractivity contribution in [1.82, 2.24) is 57.3 Å². The molecule has 36 nitrogen and oxygen atoms in total. The third kappa shape index (κ3) is 31.8. The highest BCUT2D eigenvalue weighted by molar-refractivity contribution is 7.09. The lowest BCUT2D eigenvalue weighted by Crippen LogP contribution is -2.55. The summed E-state index contributed by atoms with van der Waals surface area (Å²) in [5.41, 5.74) is -0.774. The number of esters is 1. The van der Waals surface area contributed by atoms with Crippen LogP contribution in [0, 0.1) is 29.6 Å². The highest BCUT2D eigenvalue weighted by Crippen LogP contribution is 2.33. The number of ether oxygens (including phenoxy) is 3. The maximum absolute atomic E-state index is 14.4. The minimum absolute atomic E-state index is 0.0155. The minimum Gasteiger partial charge on any atom is -0.481 e. The number of benzene rings is 1. The molecule has 0 aliphatic carbocycles. The topological polar surface area (TPSA) is 518 Å². The fraction of sp³-hybridized carbons (Fsp3) is 0.583. The van der Waals surface area contributed by atoms with Gasteiger partial charge in [-0.2, -0.15) is 0 Å². The Bertz CT molecular complexity index is 3690. The number of likely N-dealkylation sites (N-methyl/N-ethyl adjacent to an activating group) is 1. The molecule has 602 valence electrons. The Morgan fingerprint density at radius 1 is 0.670 bits per heavy atom. The average molecular weight is 1550 g/mol. The number of carbonyl (C=O) groups is 17. The molecule has 0 spiro atoms. The molecule has 1 aromatic heterocycles. The second-order valence-corrected chi connectivity index (χ2v) is 28.6. The predicted octanol–water partition coefficient (Wildman–Crippen LogP) is 0.941. The SMILES string of the molecule is CC(=O)O[C@H](C[C@H](C(C)C)N(C)C(=O)[C@@H](CC(=O)C(C)(C)N(C)C)C(C)C)c1nc(C(=O)N[C@@H](Cc2ccc3c(c2)NC(=O)[C@H](C)NC(=O)[C@H](C)NC(=O)CCOCCNC(=O)C(NC(=O)/C=C\C(=O)O)C(CC(=O)/C=C\C(=O)O)C(=O)NCCOCCC(=O)N[C@@H](C)C(=O)N[C@@H](C)C(=O)N3)CC(C)C(=O)O)cs1. The normalized spacial score (nSPS) is 20.7. The quantitative estimate of drug-likeness (QED) is 0.0460. The number of anilines is 2. The number of rotatable bonds is 26. The number of amides is 11. The van der Waals surface area contributed by atoms with Crippen LogP contribution in [-0.4, -0.2) is 239 Å². The Labute approximate surface area is 635 Å². The first-order chi connectivity index (χ1) is 50.9. The van der Waals surface area contributed by atoms with Crippen molar-refractivity contribution >= 4 is 123 Å². The molecule has 0 fully saturated rings. The summed E-state index contributed by atoms with van der Waals surface area (Å²) >= 11 is 1.01. The molecular weight excluding hydrogens is 1450 g/mol. The number of aliphatic carboxylic acids is 3. The Hall–Kier alpha value is -10.4. The number of nitrogens with one attached hydrogen (secondary N) is 10. The van der Waals surface area contributed by atoms with Gasteiger partial charge in [-0.15, -0.1) is 11.3 Å². The third-order valence-corrected chi connectivity index (χ3v) is 18.8. The highest BCUT2D eigenvalue weighted by atomic mass is 32.1. The van der Waals surface area contributed by atoms with Crippen molar-refractivity contribution in [2.45, 2.75) is 182 Å². The van der Waals surface area contributed by atoms with Gasteiger partial charge in [-0.05, 0) is 104 Å².